The quantitative estimate of drug-likeness (QED) is 0.886. The van der Waals surface area contributed by atoms with Crippen LogP contribution in [-0.4, -0.2) is 23.0 Å². The van der Waals surface area contributed by atoms with Gasteiger partial charge in [0.25, 0.3) is 0 Å². The molecule has 15 heavy (non-hydrogen) atoms. The Morgan fingerprint density at radius 2 is 2.27 bits per heavy atom. The van der Waals surface area contributed by atoms with Gasteiger partial charge in [-0.3, -0.25) is 9.59 Å². The van der Waals surface area contributed by atoms with E-state index in [2.05, 4.69) is 21.2 Å². The van der Waals surface area contributed by atoms with Gasteiger partial charge in [0, 0.05) is 4.88 Å². The van der Waals surface area contributed by atoms with Crippen LogP contribution in [0.25, 0.3) is 0 Å². The molecule has 4 nitrogen and oxygen atoms in total. The molecule has 6 heteroatoms. The van der Waals surface area contributed by atoms with Crippen molar-refractivity contribution in [2.75, 3.05) is 0 Å². The van der Waals surface area contributed by atoms with Gasteiger partial charge in [0.2, 0.25) is 5.91 Å². The Balaban J connectivity index is 2.46. The van der Waals surface area contributed by atoms with Crippen molar-refractivity contribution in [2.24, 2.45) is 0 Å². The van der Waals surface area contributed by atoms with Gasteiger partial charge in [-0.15, -0.1) is 11.3 Å². The number of carboxylic acids is 1. The average molecular weight is 292 g/mol. The van der Waals surface area contributed by atoms with Crippen molar-refractivity contribution in [3.05, 3.63) is 20.8 Å². The number of rotatable bonds is 4. The van der Waals surface area contributed by atoms with E-state index in [1.807, 2.05) is 12.1 Å². The summed E-state index contributed by atoms with van der Waals surface area (Å²) < 4.78 is 0.955. The topological polar surface area (TPSA) is 66.4 Å². The van der Waals surface area contributed by atoms with Crippen LogP contribution in [0.5, 0.6) is 0 Å². The van der Waals surface area contributed by atoms with Crippen LogP contribution >= 0.6 is 27.3 Å². The van der Waals surface area contributed by atoms with Crippen LogP contribution in [-0.2, 0) is 16.0 Å². The second-order valence-electron chi connectivity index (χ2n) is 3.01. The Labute approximate surface area is 99.4 Å². The lowest BCUT2D eigenvalue weighted by Gasteiger charge is -2.07. The Bertz CT molecular complexity index is 377. The van der Waals surface area contributed by atoms with Crippen LogP contribution < -0.4 is 5.32 Å². The van der Waals surface area contributed by atoms with Gasteiger partial charge in [-0.2, -0.15) is 0 Å². The summed E-state index contributed by atoms with van der Waals surface area (Å²) in [5.74, 6) is -1.31. The van der Waals surface area contributed by atoms with Gasteiger partial charge in [-0.25, -0.2) is 0 Å². The number of nitrogens with one attached hydrogen (secondary N) is 1. The van der Waals surface area contributed by atoms with Crippen molar-refractivity contribution in [1.82, 2.24) is 5.32 Å². The maximum atomic E-state index is 11.4. The average Bonchev–Trinajstić information content (AvgIpc) is 2.50. The van der Waals surface area contributed by atoms with Gasteiger partial charge in [0.15, 0.2) is 0 Å². The predicted octanol–water partition coefficient (Wildman–Crippen LogP) is 1.64. The maximum absolute atomic E-state index is 11.4. The zero-order chi connectivity index (χ0) is 11.4. The van der Waals surface area contributed by atoms with E-state index in [4.69, 9.17) is 5.11 Å². The first kappa shape index (κ1) is 12.2. The summed E-state index contributed by atoms with van der Waals surface area (Å²) >= 11 is 4.75. The third kappa shape index (κ3) is 4.01. The van der Waals surface area contributed by atoms with Gasteiger partial charge < -0.3 is 10.4 Å². The number of hydrogen-bond acceptors (Lipinski definition) is 3. The molecule has 0 spiro atoms. The summed E-state index contributed by atoms with van der Waals surface area (Å²) in [4.78, 5) is 22.7. The molecule has 0 fully saturated rings. The normalized spacial score (nSPS) is 12.1. The second kappa shape index (κ2) is 5.27. The molecule has 0 bridgehead atoms. The van der Waals surface area contributed by atoms with E-state index in [1.54, 1.807) is 0 Å². The highest BCUT2D eigenvalue weighted by Gasteiger charge is 2.14. The molecule has 0 saturated heterocycles. The van der Waals surface area contributed by atoms with E-state index in [1.165, 1.54) is 18.3 Å². The van der Waals surface area contributed by atoms with Crippen molar-refractivity contribution in [1.29, 1.82) is 0 Å². The van der Waals surface area contributed by atoms with Crippen LogP contribution in [0.2, 0.25) is 0 Å². The fraction of sp³-hybridized carbons (Fsp3) is 0.333. The Kier molecular flexibility index (Phi) is 4.28. The fourth-order valence-electron chi connectivity index (χ4n) is 0.959. The molecule has 2 N–H and O–H groups in total. The first-order chi connectivity index (χ1) is 6.99. The van der Waals surface area contributed by atoms with E-state index in [-0.39, 0.29) is 12.3 Å². The molecule has 0 aliphatic carbocycles. The summed E-state index contributed by atoms with van der Waals surface area (Å²) in [5.41, 5.74) is 0. The monoisotopic (exact) mass is 291 g/mol. The zero-order valence-electron chi connectivity index (χ0n) is 7.99. The second-order valence-corrected chi connectivity index (χ2v) is 5.56. The highest BCUT2D eigenvalue weighted by atomic mass is 79.9. The predicted molar refractivity (Wildman–Crippen MR) is 61.0 cm³/mol. The summed E-state index contributed by atoms with van der Waals surface area (Å²) in [7, 11) is 0. The molecule has 1 aromatic rings. The Hall–Kier alpha value is -0.880. The minimum atomic E-state index is -1.03. The lowest BCUT2D eigenvalue weighted by atomic mass is 10.3. The summed E-state index contributed by atoms with van der Waals surface area (Å²) in [6.45, 7) is 1.44. The number of carboxylic acid groups (broad SMARTS) is 1. The number of carbonyl (C=O) groups is 2. The molecule has 1 unspecified atom stereocenters. The lowest BCUT2D eigenvalue weighted by molar-refractivity contribution is -0.141. The molecule has 0 aromatic carbocycles. The number of aliphatic carboxylic acids is 1. The van der Waals surface area contributed by atoms with E-state index in [0.29, 0.717) is 0 Å². The van der Waals surface area contributed by atoms with Crippen LogP contribution in [0, 0.1) is 0 Å². The van der Waals surface area contributed by atoms with Gasteiger partial charge in [-0.05, 0) is 35.0 Å². The van der Waals surface area contributed by atoms with Crippen LogP contribution in [0.15, 0.2) is 15.9 Å². The molecule has 1 aromatic heterocycles. The highest BCUT2D eigenvalue weighted by Crippen LogP contribution is 2.22. The van der Waals surface area contributed by atoms with E-state index >= 15 is 0 Å². The van der Waals surface area contributed by atoms with E-state index < -0.39 is 12.0 Å². The zero-order valence-corrected chi connectivity index (χ0v) is 10.4. The summed E-state index contributed by atoms with van der Waals surface area (Å²) in [5, 5.41) is 11.0. The minimum absolute atomic E-state index is 0.216. The van der Waals surface area contributed by atoms with Crippen LogP contribution in [0.3, 0.4) is 0 Å². The van der Waals surface area contributed by atoms with Crippen molar-refractivity contribution in [3.63, 3.8) is 0 Å². The van der Waals surface area contributed by atoms with Crippen LogP contribution in [0.1, 0.15) is 11.8 Å². The number of hydrogen-bond donors (Lipinski definition) is 2. The molecule has 1 atom stereocenters. The molecule has 1 amide bonds. The molecular formula is C9H10BrNO3S. The van der Waals surface area contributed by atoms with Gasteiger partial charge in [0.05, 0.1) is 10.2 Å². The van der Waals surface area contributed by atoms with Crippen molar-refractivity contribution in [3.8, 4) is 0 Å². The molecule has 1 heterocycles. The largest absolute Gasteiger partial charge is 0.480 e. The summed E-state index contributed by atoms with van der Waals surface area (Å²) in [6, 6.07) is 2.84. The van der Waals surface area contributed by atoms with Gasteiger partial charge >= 0.3 is 5.97 Å². The fourth-order valence-corrected chi connectivity index (χ4v) is 2.44. The number of amides is 1. The first-order valence-corrected chi connectivity index (χ1v) is 5.86. The summed E-state index contributed by atoms with van der Waals surface area (Å²) in [6.07, 6.45) is 0.216. The Morgan fingerprint density at radius 1 is 1.60 bits per heavy atom. The molecule has 0 radical (unpaired) electrons. The SMILES string of the molecule is CC(NC(=O)Cc1ccc(Br)s1)C(=O)O. The van der Waals surface area contributed by atoms with Crippen molar-refractivity contribution < 1.29 is 14.7 Å². The smallest absolute Gasteiger partial charge is 0.325 e. The molecule has 0 saturated carbocycles. The lowest BCUT2D eigenvalue weighted by Crippen LogP contribution is -2.39. The third-order valence-corrected chi connectivity index (χ3v) is 3.34. The van der Waals surface area contributed by atoms with Gasteiger partial charge in [-0.1, -0.05) is 0 Å². The highest BCUT2D eigenvalue weighted by molar-refractivity contribution is 9.11. The van der Waals surface area contributed by atoms with Gasteiger partial charge in [0.1, 0.15) is 6.04 Å². The molecular weight excluding hydrogens is 282 g/mol. The van der Waals surface area contributed by atoms with Crippen molar-refractivity contribution in [2.45, 2.75) is 19.4 Å². The maximum Gasteiger partial charge on any atom is 0.325 e. The van der Waals surface area contributed by atoms with Crippen LogP contribution in [0.4, 0.5) is 0 Å². The minimum Gasteiger partial charge on any atom is -0.480 e. The molecule has 0 aliphatic rings. The number of carbonyl (C=O) groups excluding carboxylic acids is 1. The first-order valence-electron chi connectivity index (χ1n) is 4.25. The Morgan fingerprint density at radius 3 is 2.73 bits per heavy atom. The van der Waals surface area contributed by atoms with E-state index in [0.717, 1.165) is 8.66 Å². The molecule has 1 rings (SSSR count). The number of halogens is 1. The third-order valence-electron chi connectivity index (χ3n) is 1.71. The van der Waals surface area contributed by atoms with Crippen molar-refractivity contribution >= 4 is 39.1 Å². The number of thiophene rings is 1. The van der Waals surface area contributed by atoms with E-state index in [9.17, 15) is 9.59 Å². The standard InChI is InChI=1S/C9H10BrNO3S/c1-5(9(13)14)11-8(12)4-6-2-3-7(10)15-6/h2-3,5H,4H2,1H3,(H,11,12)(H,13,14). The molecule has 0 aliphatic heterocycles. The molecule has 82 valence electrons.